The number of aromatic amines is 1. The largest absolute Gasteiger partial charge is 0.361 e. The molecule has 3 saturated heterocycles. The lowest BCUT2D eigenvalue weighted by Gasteiger charge is -2.48. The minimum absolute atomic E-state index is 0.186. The second kappa shape index (κ2) is 11.0. The van der Waals surface area contributed by atoms with Crippen LogP contribution in [0.1, 0.15) is 66.4 Å². The Morgan fingerprint density at radius 3 is 2.43 bits per heavy atom. The van der Waals surface area contributed by atoms with Gasteiger partial charge in [0, 0.05) is 67.2 Å². The van der Waals surface area contributed by atoms with Crippen LogP contribution in [-0.4, -0.2) is 65.6 Å². The molecule has 1 amide bonds. The SMILES string of the molecule is O=C(c1ccc2c(C[N+]3(C4CCNCC4)CCCCC3)c[nH]c2c1)N1CCC(Cc2ccccc2)CC1. The summed E-state index contributed by atoms with van der Waals surface area (Å²) in [6.45, 7) is 7.79. The molecule has 3 fully saturated rings. The molecule has 37 heavy (non-hydrogen) atoms. The van der Waals surface area contributed by atoms with Crippen molar-refractivity contribution in [1.29, 1.82) is 0 Å². The van der Waals surface area contributed by atoms with Crippen molar-refractivity contribution >= 4 is 16.8 Å². The molecule has 6 rings (SSSR count). The van der Waals surface area contributed by atoms with E-state index in [1.165, 1.54) is 66.2 Å². The standard InChI is InChI=1S/C32H42N4O/c37-32(35-17-13-26(14-18-35)21-25-7-3-1-4-8-25)27-9-10-30-28(23-34-31(30)22-27)24-36(19-5-2-6-20-36)29-11-15-33-16-12-29/h1,3-4,7-10,22-23,26,29,33H,2,5-6,11-21,24H2/p+1. The molecule has 4 heterocycles. The second-order valence-electron chi connectivity index (χ2n) is 11.9. The number of nitrogens with zero attached hydrogens (tertiary/aromatic N) is 2. The average Bonchev–Trinajstić information content (AvgIpc) is 3.36. The molecule has 0 aliphatic carbocycles. The highest BCUT2D eigenvalue weighted by Crippen LogP contribution is 2.33. The fourth-order valence-corrected chi connectivity index (χ4v) is 7.41. The molecule has 5 heteroatoms. The van der Waals surface area contributed by atoms with Gasteiger partial charge in [0.1, 0.15) is 6.54 Å². The molecule has 0 spiro atoms. The van der Waals surface area contributed by atoms with Gasteiger partial charge < -0.3 is 19.7 Å². The van der Waals surface area contributed by atoms with Crippen molar-refractivity contribution in [1.82, 2.24) is 15.2 Å². The molecule has 0 atom stereocenters. The Labute approximate surface area is 221 Å². The number of H-pyrrole nitrogens is 1. The van der Waals surface area contributed by atoms with Crippen molar-refractivity contribution in [3.63, 3.8) is 0 Å². The van der Waals surface area contributed by atoms with Gasteiger partial charge in [0.2, 0.25) is 0 Å². The van der Waals surface area contributed by atoms with Crippen LogP contribution in [0, 0.1) is 5.92 Å². The Kier molecular flexibility index (Phi) is 7.34. The number of quaternary nitrogens is 1. The van der Waals surface area contributed by atoms with E-state index < -0.39 is 0 Å². The number of benzene rings is 2. The molecule has 1 aromatic heterocycles. The molecule has 0 radical (unpaired) electrons. The normalized spacial score (nSPS) is 21.4. The number of hydrogen-bond acceptors (Lipinski definition) is 2. The summed E-state index contributed by atoms with van der Waals surface area (Å²) in [5.74, 6) is 0.857. The first-order valence-corrected chi connectivity index (χ1v) is 14.7. The van der Waals surface area contributed by atoms with Gasteiger partial charge in [-0.3, -0.25) is 4.79 Å². The molecule has 2 N–H and O–H groups in total. The molecule has 0 saturated carbocycles. The maximum atomic E-state index is 13.4. The Bertz CT molecular complexity index is 1180. The molecule has 3 aromatic rings. The highest BCUT2D eigenvalue weighted by Gasteiger charge is 2.39. The van der Waals surface area contributed by atoms with Gasteiger partial charge in [0.25, 0.3) is 5.91 Å². The summed E-state index contributed by atoms with van der Waals surface area (Å²) in [5, 5.41) is 4.87. The van der Waals surface area contributed by atoms with Crippen LogP contribution in [0.4, 0.5) is 0 Å². The molecule has 0 unspecified atom stereocenters. The monoisotopic (exact) mass is 499 g/mol. The van der Waals surface area contributed by atoms with E-state index in [1.54, 1.807) is 0 Å². The Morgan fingerprint density at radius 2 is 1.68 bits per heavy atom. The second-order valence-corrected chi connectivity index (χ2v) is 11.9. The maximum absolute atomic E-state index is 13.4. The smallest absolute Gasteiger partial charge is 0.253 e. The number of likely N-dealkylation sites (tertiary alicyclic amines) is 2. The first kappa shape index (κ1) is 24.7. The van der Waals surface area contributed by atoms with Gasteiger partial charge in [0.05, 0.1) is 19.1 Å². The van der Waals surface area contributed by atoms with Crippen LogP contribution >= 0.6 is 0 Å². The van der Waals surface area contributed by atoms with Gasteiger partial charge in [-0.15, -0.1) is 0 Å². The number of piperidine rings is 3. The lowest BCUT2D eigenvalue weighted by atomic mass is 9.90. The molecule has 5 nitrogen and oxygen atoms in total. The van der Waals surface area contributed by atoms with E-state index in [-0.39, 0.29) is 5.91 Å². The molecule has 0 bridgehead atoms. The zero-order chi connectivity index (χ0) is 25.1. The third kappa shape index (κ3) is 5.35. The van der Waals surface area contributed by atoms with Crippen LogP contribution in [0.15, 0.2) is 54.7 Å². The molecule has 196 valence electrons. The van der Waals surface area contributed by atoms with Crippen molar-refractivity contribution in [2.24, 2.45) is 5.92 Å². The van der Waals surface area contributed by atoms with Gasteiger partial charge in [-0.2, -0.15) is 0 Å². The highest BCUT2D eigenvalue weighted by atomic mass is 16.2. The zero-order valence-corrected chi connectivity index (χ0v) is 22.3. The predicted octanol–water partition coefficient (Wildman–Crippen LogP) is 5.52. The van der Waals surface area contributed by atoms with Crippen LogP contribution in [0.5, 0.6) is 0 Å². The van der Waals surface area contributed by atoms with Crippen molar-refractivity contribution in [3.8, 4) is 0 Å². The van der Waals surface area contributed by atoms with Crippen LogP contribution < -0.4 is 5.32 Å². The Balaban J connectivity index is 1.13. The number of rotatable bonds is 6. The molecule has 2 aromatic carbocycles. The van der Waals surface area contributed by atoms with Gasteiger partial charge in [0.15, 0.2) is 0 Å². The average molecular weight is 500 g/mol. The summed E-state index contributed by atoms with van der Waals surface area (Å²) < 4.78 is 1.26. The fourth-order valence-electron chi connectivity index (χ4n) is 7.41. The molecular weight excluding hydrogens is 456 g/mol. The predicted molar refractivity (Wildman–Crippen MR) is 151 cm³/mol. The summed E-state index contributed by atoms with van der Waals surface area (Å²) in [7, 11) is 0. The van der Waals surface area contributed by atoms with Gasteiger partial charge >= 0.3 is 0 Å². The summed E-state index contributed by atoms with van der Waals surface area (Å²) in [6, 6.07) is 17.9. The zero-order valence-electron chi connectivity index (χ0n) is 22.3. The van der Waals surface area contributed by atoms with E-state index >= 15 is 0 Å². The van der Waals surface area contributed by atoms with E-state index in [4.69, 9.17) is 0 Å². The summed E-state index contributed by atoms with van der Waals surface area (Å²) in [6.07, 6.45) is 12.2. The van der Waals surface area contributed by atoms with E-state index in [2.05, 4.69) is 69.9 Å². The van der Waals surface area contributed by atoms with Crippen molar-refractivity contribution in [2.75, 3.05) is 39.3 Å². The van der Waals surface area contributed by atoms with Crippen LogP contribution in [0.25, 0.3) is 10.9 Å². The number of carbonyl (C=O) groups excluding carboxylic acids is 1. The summed E-state index contributed by atoms with van der Waals surface area (Å²) in [5.41, 5.74) is 4.77. The van der Waals surface area contributed by atoms with E-state index in [1.807, 2.05) is 0 Å². The minimum Gasteiger partial charge on any atom is -0.361 e. The Hall–Kier alpha value is -2.63. The van der Waals surface area contributed by atoms with Crippen LogP contribution in [0.2, 0.25) is 0 Å². The number of amides is 1. The minimum atomic E-state index is 0.186. The first-order chi connectivity index (χ1) is 18.2. The number of fused-ring (bicyclic) bond motifs is 1. The number of nitrogens with one attached hydrogen (secondary N) is 2. The quantitative estimate of drug-likeness (QED) is 0.439. The molecule has 3 aliphatic heterocycles. The van der Waals surface area contributed by atoms with Gasteiger partial charge in [-0.25, -0.2) is 0 Å². The van der Waals surface area contributed by atoms with Crippen molar-refractivity contribution in [3.05, 3.63) is 71.4 Å². The number of carbonyl (C=O) groups is 1. The third-order valence-corrected chi connectivity index (χ3v) is 9.56. The van der Waals surface area contributed by atoms with E-state index in [0.717, 1.165) is 69.1 Å². The number of aromatic nitrogens is 1. The van der Waals surface area contributed by atoms with E-state index in [9.17, 15) is 4.79 Å². The van der Waals surface area contributed by atoms with Crippen molar-refractivity contribution < 1.29 is 9.28 Å². The van der Waals surface area contributed by atoms with Gasteiger partial charge in [-0.05, 0) is 62.1 Å². The molecular formula is C32H43N4O+. The van der Waals surface area contributed by atoms with Crippen LogP contribution in [-0.2, 0) is 13.0 Å². The Morgan fingerprint density at radius 1 is 0.919 bits per heavy atom. The topological polar surface area (TPSA) is 48.1 Å². The van der Waals surface area contributed by atoms with E-state index in [0.29, 0.717) is 5.92 Å². The summed E-state index contributed by atoms with van der Waals surface area (Å²) >= 11 is 0. The lowest BCUT2D eigenvalue weighted by molar-refractivity contribution is -0.968. The molecule has 3 aliphatic rings. The van der Waals surface area contributed by atoms with Gasteiger partial charge in [-0.1, -0.05) is 36.4 Å². The highest BCUT2D eigenvalue weighted by molar-refractivity contribution is 5.98. The van der Waals surface area contributed by atoms with Crippen molar-refractivity contribution in [2.45, 2.75) is 64.0 Å². The first-order valence-electron chi connectivity index (χ1n) is 14.7. The summed E-state index contributed by atoms with van der Waals surface area (Å²) in [4.78, 5) is 19.0. The number of hydrogen-bond donors (Lipinski definition) is 2. The fraction of sp³-hybridized carbons (Fsp3) is 0.531. The van der Waals surface area contributed by atoms with Crippen LogP contribution in [0.3, 0.4) is 0 Å². The third-order valence-electron chi connectivity index (χ3n) is 9.56. The maximum Gasteiger partial charge on any atom is 0.253 e. The lowest BCUT2D eigenvalue weighted by Crippen LogP contribution is -2.59.